The third kappa shape index (κ3) is 4.07. The SMILES string of the molecule is CCN(CC)CCNC(=O)c1cccc2nc3cc(I)ccc3nc12. The van der Waals surface area contributed by atoms with Crippen molar-refractivity contribution in [3.63, 3.8) is 0 Å². The molecule has 1 amide bonds. The summed E-state index contributed by atoms with van der Waals surface area (Å²) in [5.74, 6) is -0.100. The molecule has 0 atom stereocenters. The maximum absolute atomic E-state index is 12.6. The second kappa shape index (κ2) is 8.05. The van der Waals surface area contributed by atoms with Crippen LogP contribution >= 0.6 is 22.6 Å². The van der Waals surface area contributed by atoms with Gasteiger partial charge in [-0.25, -0.2) is 9.97 Å². The first-order valence-electron chi connectivity index (χ1n) is 8.49. The van der Waals surface area contributed by atoms with Crippen LogP contribution in [-0.4, -0.2) is 47.0 Å². The molecule has 0 unspecified atom stereocenters. The number of amides is 1. The Labute approximate surface area is 161 Å². The first kappa shape index (κ1) is 18.0. The zero-order valence-electron chi connectivity index (χ0n) is 14.4. The monoisotopic (exact) mass is 448 g/mol. The first-order chi connectivity index (χ1) is 12.1. The van der Waals surface area contributed by atoms with Crippen molar-refractivity contribution in [2.75, 3.05) is 26.2 Å². The number of hydrogen-bond donors (Lipinski definition) is 1. The molecule has 3 aromatic rings. The Bertz CT molecular complexity index is 908. The summed E-state index contributed by atoms with van der Waals surface area (Å²) in [7, 11) is 0. The summed E-state index contributed by atoms with van der Waals surface area (Å²) in [5.41, 5.74) is 3.61. The van der Waals surface area contributed by atoms with E-state index < -0.39 is 0 Å². The maximum atomic E-state index is 12.6. The molecule has 0 fully saturated rings. The molecule has 25 heavy (non-hydrogen) atoms. The number of carbonyl (C=O) groups excluding carboxylic acids is 1. The number of halogens is 1. The first-order valence-corrected chi connectivity index (χ1v) is 9.56. The highest BCUT2D eigenvalue weighted by atomic mass is 127. The molecule has 0 saturated heterocycles. The number of nitrogens with one attached hydrogen (secondary N) is 1. The lowest BCUT2D eigenvalue weighted by Crippen LogP contribution is -2.34. The van der Waals surface area contributed by atoms with Crippen molar-refractivity contribution in [2.24, 2.45) is 0 Å². The highest BCUT2D eigenvalue weighted by molar-refractivity contribution is 14.1. The largest absolute Gasteiger partial charge is 0.351 e. The summed E-state index contributed by atoms with van der Waals surface area (Å²) in [4.78, 5) is 24.2. The summed E-state index contributed by atoms with van der Waals surface area (Å²) < 4.78 is 1.11. The number of para-hydroxylation sites is 1. The van der Waals surface area contributed by atoms with E-state index in [4.69, 9.17) is 0 Å². The highest BCUT2D eigenvalue weighted by Crippen LogP contribution is 2.21. The van der Waals surface area contributed by atoms with Gasteiger partial charge in [0.1, 0.15) is 5.52 Å². The van der Waals surface area contributed by atoms with Crippen LogP contribution in [0.4, 0.5) is 0 Å². The fourth-order valence-electron chi connectivity index (χ4n) is 2.82. The van der Waals surface area contributed by atoms with Crippen molar-refractivity contribution >= 4 is 50.6 Å². The zero-order chi connectivity index (χ0) is 17.8. The van der Waals surface area contributed by atoms with Crippen LogP contribution in [0.25, 0.3) is 22.1 Å². The highest BCUT2D eigenvalue weighted by Gasteiger charge is 2.13. The molecule has 0 saturated carbocycles. The van der Waals surface area contributed by atoms with Crippen LogP contribution in [0.15, 0.2) is 36.4 Å². The van der Waals surface area contributed by atoms with E-state index in [1.807, 2.05) is 36.4 Å². The number of fused-ring (bicyclic) bond motifs is 2. The molecule has 0 aliphatic heterocycles. The smallest absolute Gasteiger partial charge is 0.253 e. The lowest BCUT2D eigenvalue weighted by Gasteiger charge is -2.18. The Hall–Kier alpha value is -1.80. The van der Waals surface area contributed by atoms with Crippen molar-refractivity contribution in [2.45, 2.75) is 13.8 Å². The van der Waals surface area contributed by atoms with Gasteiger partial charge in [-0.3, -0.25) is 4.79 Å². The second-order valence-corrected chi connectivity index (χ2v) is 7.06. The normalized spacial score (nSPS) is 11.4. The van der Waals surface area contributed by atoms with Gasteiger partial charge in [-0.15, -0.1) is 0 Å². The molecule has 1 N–H and O–H groups in total. The Morgan fingerprint density at radius 2 is 1.88 bits per heavy atom. The standard InChI is InChI=1S/C19H21IN4O/c1-3-24(4-2)11-10-21-19(25)14-6-5-7-16-18(14)23-15-9-8-13(20)12-17(15)22-16/h5-9,12H,3-4,10-11H2,1-2H3,(H,21,25). The van der Waals surface area contributed by atoms with Gasteiger partial charge < -0.3 is 10.2 Å². The fraction of sp³-hybridized carbons (Fsp3) is 0.316. The Morgan fingerprint density at radius 1 is 1.08 bits per heavy atom. The lowest BCUT2D eigenvalue weighted by atomic mass is 10.1. The molecule has 1 heterocycles. The topological polar surface area (TPSA) is 58.1 Å². The minimum Gasteiger partial charge on any atom is -0.351 e. The summed E-state index contributed by atoms with van der Waals surface area (Å²) in [6.45, 7) is 7.68. The fourth-order valence-corrected chi connectivity index (χ4v) is 3.29. The molecule has 3 rings (SSSR count). The molecule has 5 nitrogen and oxygen atoms in total. The molecule has 0 spiro atoms. The van der Waals surface area contributed by atoms with E-state index in [0.717, 1.165) is 39.8 Å². The van der Waals surface area contributed by atoms with E-state index >= 15 is 0 Å². The molecule has 2 aromatic carbocycles. The van der Waals surface area contributed by atoms with Crippen molar-refractivity contribution in [3.8, 4) is 0 Å². The number of rotatable bonds is 6. The van der Waals surface area contributed by atoms with Crippen LogP contribution in [0.5, 0.6) is 0 Å². The van der Waals surface area contributed by atoms with Gasteiger partial charge in [0.2, 0.25) is 0 Å². The van der Waals surface area contributed by atoms with Gasteiger partial charge in [0.25, 0.3) is 5.91 Å². The third-order valence-electron chi connectivity index (χ3n) is 4.28. The van der Waals surface area contributed by atoms with Gasteiger partial charge >= 0.3 is 0 Å². The number of nitrogens with zero attached hydrogens (tertiary/aromatic N) is 3. The summed E-state index contributed by atoms with van der Waals surface area (Å²) in [5, 5.41) is 3.00. The van der Waals surface area contributed by atoms with Gasteiger partial charge in [0, 0.05) is 16.7 Å². The van der Waals surface area contributed by atoms with E-state index in [1.54, 1.807) is 0 Å². The predicted molar refractivity (Wildman–Crippen MR) is 110 cm³/mol. The van der Waals surface area contributed by atoms with Crippen LogP contribution in [0.2, 0.25) is 0 Å². The number of aromatic nitrogens is 2. The average molecular weight is 448 g/mol. The van der Waals surface area contributed by atoms with Crippen molar-refractivity contribution in [1.82, 2.24) is 20.2 Å². The number of likely N-dealkylation sites (N-methyl/N-ethyl adjacent to an activating group) is 1. The summed E-state index contributed by atoms with van der Waals surface area (Å²) in [6.07, 6.45) is 0. The minimum absolute atomic E-state index is 0.100. The Morgan fingerprint density at radius 3 is 2.64 bits per heavy atom. The molecule has 130 valence electrons. The van der Waals surface area contributed by atoms with E-state index in [9.17, 15) is 4.79 Å². The van der Waals surface area contributed by atoms with E-state index in [2.05, 4.69) is 56.6 Å². The van der Waals surface area contributed by atoms with Crippen LogP contribution in [0.1, 0.15) is 24.2 Å². The van der Waals surface area contributed by atoms with Gasteiger partial charge in [-0.1, -0.05) is 19.9 Å². The van der Waals surface area contributed by atoms with Crippen LogP contribution in [-0.2, 0) is 0 Å². The third-order valence-corrected chi connectivity index (χ3v) is 4.95. The quantitative estimate of drug-likeness (QED) is 0.464. The number of carbonyl (C=O) groups is 1. The van der Waals surface area contributed by atoms with Gasteiger partial charge in [-0.05, 0) is 66.0 Å². The molecule has 0 aliphatic carbocycles. The predicted octanol–water partition coefficient (Wildman–Crippen LogP) is 3.46. The second-order valence-electron chi connectivity index (χ2n) is 5.81. The minimum atomic E-state index is -0.100. The van der Waals surface area contributed by atoms with Crippen LogP contribution in [0, 0.1) is 3.57 Å². The van der Waals surface area contributed by atoms with Crippen molar-refractivity contribution in [3.05, 3.63) is 45.5 Å². The van der Waals surface area contributed by atoms with Gasteiger partial charge in [-0.2, -0.15) is 0 Å². The van der Waals surface area contributed by atoms with Crippen LogP contribution < -0.4 is 5.32 Å². The molecule has 0 radical (unpaired) electrons. The number of hydrogen-bond acceptors (Lipinski definition) is 4. The summed E-state index contributed by atoms with van der Waals surface area (Å²) >= 11 is 2.26. The van der Waals surface area contributed by atoms with Gasteiger partial charge in [0.05, 0.1) is 22.1 Å². The van der Waals surface area contributed by atoms with E-state index in [-0.39, 0.29) is 5.91 Å². The van der Waals surface area contributed by atoms with Crippen molar-refractivity contribution in [1.29, 1.82) is 0 Å². The summed E-state index contributed by atoms with van der Waals surface area (Å²) in [6, 6.07) is 11.5. The maximum Gasteiger partial charge on any atom is 0.253 e. The van der Waals surface area contributed by atoms with Crippen molar-refractivity contribution < 1.29 is 4.79 Å². The average Bonchev–Trinajstić information content (AvgIpc) is 2.63. The molecule has 0 bridgehead atoms. The molecule has 6 heteroatoms. The zero-order valence-corrected chi connectivity index (χ0v) is 16.6. The number of benzene rings is 2. The van der Waals surface area contributed by atoms with E-state index in [0.29, 0.717) is 17.6 Å². The molecular weight excluding hydrogens is 427 g/mol. The Kier molecular flexibility index (Phi) is 5.80. The van der Waals surface area contributed by atoms with E-state index in [1.165, 1.54) is 0 Å². The molecular formula is C19H21IN4O. The van der Waals surface area contributed by atoms with Gasteiger partial charge in [0.15, 0.2) is 0 Å². The molecule has 1 aromatic heterocycles. The molecule has 0 aliphatic rings. The lowest BCUT2D eigenvalue weighted by molar-refractivity contribution is 0.0950. The Balaban J connectivity index is 1.88. The van der Waals surface area contributed by atoms with Crippen LogP contribution in [0.3, 0.4) is 0 Å².